The van der Waals surface area contributed by atoms with E-state index in [9.17, 15) is 18.0 Å². The minimum Gasteiger partial charge on any atom is -0.298 e. The number of hydrogen-bond acceptors (Lipinski definition) is 2. The van der Waals surface area contributed by atoms with Crippen molar-refractivity contribution in [3.05, 3.63) is 46.2 Å². The summed E-state index contributed by atoms with van der Waals surface area (Å²) in [6.45, 7) is 1.78. The average Bonchev–Trinajstić information content (AvgIpc) is 2.66. The fraction of sp³-hybridized carbons (Fsp3) is 0.167. The van der Waals surface area contributed by atoms with Crippen molar-refractivity contribution in [3.63, 3.8) is 0 Å². The number of halogens is 4. The molecule has 2 rings (SSSR count). The monoisotopic (exact) mass is 288 g/mol. The highest BCUT2D eigenvalue weighted by atomic mass is 35.5. The normalized spacial score (nSPS) is 11.6. The molecule has 3 nitrogen and oxygen atoms in total. The van der Waals surface area contributed by atoms with Gasteiger partial charge in [0.2, 0.25) is 0 Å². The third-order valence-corrected chi connectivity index (χ3v) is 2.86. The molecule has 0 saturated heterocycles. The van der Waals surface area contributed by atoms with Crippen LogP contribution >= 0.6 is 11.6 Å². The third kappa shape index (κ3) is 2.49. The fourth-order valence-electron chi connectivity index (χ4n) is 1.65. The Bertz CT molecular complexity index is 634. The van der Waals surface area contributed by atoms with Gasteiger partial charge < -0.3 is 0 Å². The number of aromatic nitrogens is 2. The molecule has 19 heavy (non-hydrogen) atoms. The molecule has 1 aromatic heterocycles. The minimum absolute atomic E-state index is 0.0600. The van der Waals surface area contributed by atoms with Crippen molar-refractivity contribution in [1.29, 1.82) is 0 Å². The second-order valence-corrected chi connectivity index (χ2v) is 4.28. The lowest BCUT2D eigenvalue weighted by molar-refractivity contribution is -0.141. The predicted molar refractivity (Wildman–Crippen MR) is 63.7 cm³/mol. The first-order valence-electron chi connectivity index (χ1n) is 5.22. The third-order valence-electron chi connectivity index (χ3n) is 2.50. The summed E-state index contributed by atoms with van der Waals surface area (Å²) in [6, 6.07) is 6.62. The molecule has 2 aromatic rings. The Morgan fingerprint density at radius 1 is 1.37 bits per heavy atom. The van der Waals surface area contributed by atoms with Crippen molar-refractivity contribution in [3.8, 4) is 5.69 Å². The SMILES string of the molecule is Cc1cccc(-n2nc(C(F)(F)F)c(C=O)c2Cl)c1. The topological polar surface area (TPSA) is 34.9 Å². The van der Waals surface area contributed by atoms with Gasteiger partial charge in [0.15, 0.2) is 12.0 Å². The molecule has 7 heteroatoms. The Hall–Kier alpha value is -1.82. The fourth-order valence-corrected chi connectivity index (χ4v) is 1.92. The Labute approximate surface area is 111 Å². The van der Waals surface area contributed by atoms with Gasteiger partial charge in [-0.1, -0.05) is 23.7 Å². The highest BCUT2D eigenvalue weighted by molar-refractivity contribution is 6.32. The lowest BCUT2D eigenvalue weighted by atomic mass is 10.2. The molecule has 0 amide bonds. The second kappa shape index (κ2) is 4.70. The molecule has 100 valence electrons. The first-order chi connectivity index (χ1) is 8.84. The molecule has 0 fully saturated rings. The van der Waals surface area contributed by atoms with E-state index in [-0.39, 0.29) is 11.4 Å². The lowest BCUT2D eigenvalue weighted by Crippen LogP contribution is -2.09. The number of aryl methyl sites for hydroxylation is 1. The second-order valence-electron chi connectivity index (χ2n) is 3.92. The van der Waals surface area contributed by atoms with Gasteiger partial charge in [0.1, 0.15) is 5.15 Å². The molecular weight excluding hydrogens is 281 g/mol. The van der Waals surface area contributed by atoms with E-state index in [1.54, 1.807) is 31.2 Å². The van der Waals surface area contributed by atoms with Gasteiger partial charge in [-0.15, -0.1) is 0 Å². The summed E-state index contributed by atoms with van der Waals surface area (Å²) in [5.41, 5.74) is -0.737. The van der Waals surface area contributed by atoms with E-state index in [1.807, 2.05) is 0 Å². The van der Waals surface area contributed by atoms with Crippen molar-refractivity contribution in [1.82, 2.24) is 9.78 Å². The van der Waals surface area contributed by atoms with Crippen LogP contribution in [0.25, 0.3) is 5.69 Å². The molecule has 0 atom stereocenters. The van der Waals surface area contributed by atoms with Crippen molar-refractivity contribution >= 4 is 17.9 Å². The molecule has 0 aliphatic carbocycles. The Balaban J connectivity index is 2.66. The largest absolute Gasteiger partial charge is 0.435 e. The van der Waals surface area contributed by atoms with Crippen LogP contribution in [-0.4, -0.2) is 16.1 Å². The summed E-state index contributed by atoms with van der Waals surface area (Å²) in [5.74, 6) is 0. The molecule has 0 unspecified atom stereocenters. The molecule has 1 aromatic carbocycles. The van der Waals surface area contributed by atoms with Crippen LogP contribution in [0, 0.1) is 6.92 Å². The maximum absolute atomic E-state index is 12.7. The Kier molecular flexibility index (Phi) is 3.36. The van der Waals surface area contributed by atoms with Crippen LogP contribution in [0.2, 0.25) is 5.15 Å². The highest BCUT2D eigenvalue weighted by Gasteiger charge is 2.39. The summed E-state index contributed by atoms with van der Waals surface area (Å²) in [5, 5.41) is 3.04. The standard InChI is InChI=1S/C12H8ClF3N2O/c1-7-3-2-4-8(5-7)18-11(13)9(6-19)10(17-18)12(14,15)16/h2-6H,1H3. The Morgan fingerprint density at radius 2 is 2.05 bits per heavy atom. The van der Waals surface area contributed by atoms with Crippen LogP contribution in [0.1, 0.15) is 21.6 Å². The van der Waals surface area contributed by atoms with E-state index in [1.165, 1.54) is 0 Å². The molecule has 1 heterocycles. The summed E-state index contributed by atoms with van der Waals surface area (Å²) < 4.78 is 39.1. The first-order valence-corrected chi connectivity index (χ1v) is 5.60. The van der Waals surface area contributed by atoms with Crippen LogP contribution < -0.4 is 0 Å². The number of benzene rings is 1. The lowest BCUT2D eigenvalue weighted by Gasteiger charge is -2.04. The quantitative estimate of drug-likeness (QED) is 0.790. The average molecular weight is 289 g/mol. The number of rotatable bonds is 2. The van der Waals surface area contributed by atoms with E-state index >= 15 is 0 Å². The van der Waals surface area contributed by atoms with E-state index < -0.39 is 17.4 Å². The van der Waals surface area contributed by atoms with Crippen LogP contribution in [0.4, 0.5) is 13.2 Å². The molecule has 0 aliphatic rings. The number of nitrogens with zero attached hydrogens (tertiary/aromatic N) is 2. The molecule has 0 saturated carbocycles. The Morgan fingerprint density at radius 3 is 2.53 bits per heavy atom. The van der Waals surface area contributed by atoms with Crippen LogP contribution in [0.3, 0.4) is 0 Å². The van der Waals surface area contributed by atoms with Gasteiger partial charge in [-0.3, -0.25) is 4.79 Å². The van der Waals surface area contributed by atoms with Crippen LogP contribution in [-0.2, 0) is 6.18 Å². The maximum Gasteiger partial charge on any atom is 0.435 e. The van der Waals surface area contributed by atoms with Gasteiger partial charge in [0.05, 0.1) is 11.3 Å². The molecular formula is C12H8ClF3N2O. The van der Waals surface area contributed by atoms with Crippen LogP contribution in [0.15, 0.2) is 24.3 Å². The summed E-state index contributed by atoms with van der Waals surface area (Å²) in [6.07, 6.45) is -4.67. The molecule has 0 N–H and O–H groups in total. The number of hydrogen-bond donors (Lipinski definition) is 0. The zero-order chi connectivity index (χ0) is 14.2. The molecule has 0 radical (unpaired) electrons. The van der Waals surface area contributed by atoms with Gasteiger partial charge in [-0.2, -0.15) is 18.3 Å². The first kappa shape index (κ1) is 13.6. The van der Waals surface area contributed by atoms with E-state index in [2.05, 4.69) is 5.10 Å². The number of carbonyl (C=O) groups excluding carboxylic acids is 1. The zero-order valence-electron chi connectivity index (χ0n) is 9.70. The molecule has 0 bridgehead atoms. The van der Waals surface area contributed by atoms with Gasteiger partial charge in [0, 0.05) is 0 Å². The number of aldehydes is 1. The number of alkyl halides is 3. The minimum atomic E-state index is -4.73. The van der Waals surface area contributed by atoms with Crippen molar-refractivity contribution < 1.29 is 18.0 Å². The van der Waals surface area contributed by atoms with Gasteiger partial charge in [-0.25, -0.2) is 4.68 Å². The zero-order valence-corrected chi connectivity index (χ0v) is 10.5. The van der Waals surface area contributed by atoms with E-state index in [0.29, 0.717) is 5.69 Å². The van der Waals surface area contributed by atoms with Crippen molar-refractivity contribution in [2.45, 2.75) is 13.1 Å². The smallest absolute Gasteiger partial charge is 0.298 e. The molecule has 0 spiro atoms. The highest BCUT2D eigenvalue weighted by Crippen LogP contribution is 2.34. The van der Waals surface area contributed by atoms with Gasteiger partial charge in [0.25, 0.3) is 0 Å². The number of carbonyl (C=O) groups is 1. The summed E-state index contributed by atoms with van der Waals surface area (Å²) >= 11 is 5.79. The van der Waals surface area contributed by atoms with Crippen molar-refractivity contribution in [2.75, 3.05) is 0 Å². The van der Waals surface area contributed by atoms with E-state index in [4.69, 9.17) is 11.6 Å². The van der Waals surface area contributed by atoms with E-state index in [0.717, 1.165) is 10.2 Å². The summed E-state index contributed by atoms with van der Waals surface area (Å²) in [4.78, 5) is 10.8. The summed E-state index contributed by atoms with van der Waals surface area (Å²) in [7, 11) is 0. The van der Waals surface area contributed by atoms with Crippen molar-refractivity contribution in [2.24, 2.45) is 0 Å². The molecule has 0 aliphatic heterocycles. The predicted octanol–water partition coefficient (Wildman–Crippen LogP) is 3.67. The van der Waals surface area contributed by atoms with Gasteiger partial charge >= 0.3 is 6.18 Å². The van der Waals surface area contributed by atoms with Crippen LogP contribution in [0.5, 0.6) is 0 Å². The van der Waals surface area contributed by atoms with Gasteiger partial charge in [-0.05, 0) is 24.6 Å². The maximum atomic E-state index is 12.7.